The highest BCUT2D eigenvalue weighted by atomic mass is 16.5. The lowest BCUT2D eigenvalue weighted by Crippen LogP contribution is -2.22. The molecule has 1 atom stereocenters. The van der Waals surface area contributed by atoms with Gasteiger partial charge in [-0.25, -0.2) is 0 Å². The van der Waals surface area contributed by atoms with Crippen LogP contribution in [0.2, 0.25) is 0 Å². The Morgan fingerprint density at radius 1 is 1.75 bits per heavy atom. The van der Waals surface area contributed by atoms with Crippen molar-refractivity contribution < 1.29 is 9.53 Å². The summed E-state index contributed by atoms with van der Waals surface area (Å²) in [6.07, 6.45) is 0.989. The summed E-state index contributed by atoms with van der Waals surface area (Å²) in [6, 6.07) is 0. The number of hydrogen-bond acceptors (Lipinski definition) is 2. The normalized spacial score (nSPS) is 30.6. The van der Waals surface area contributed by atoms with Crippen molar-refractivity contribution in [1.29, 1.82) is 0 Å². The average molecular weight is 113 g/mol. The summed E-state index contributed by atoms with van der Waals surface area (Å²) in [6.45, 7) is 4.17. The van der Waals surface area contributed by atoms with Crippen LogP contribution >= 0.6 is 0 Å². The second kappa shape index (κ2) is 2.27. The Morgan fingerprint density at radius 2 is 2.50 bits per heavy atom. The standard InChI is InChI=1S/C6H9O2/c1-5-4-6(7)2-3-8-5/h5H,1-4H2. The first-order valence-electron chi connectivity index (χ1n) is 2.75. The number of hydrogen-bond donors (Lipinski definition) is 0. The minimum absolute atomic E-state index is 0.0868. The van der Waals surface area contributed by atoms with Gasteiger partial charge in [0.2, 0.25) is 0 Å². The lowest BCUT2D eigenvalue weighted by atomic mass is 10.1. The SMILES string of the molecule is [CH2]C1CC(=O)CCO1. The molecule has 0 saturated carbocycles. The van der Waals surface area contributed by atoms with E-state index in [4.69, 9.17) is 4.74 Å². The van der Waals surface area contributed by atoms with Crippen molar-refractivity contribution in [1.82, 2.24) is 0 Å². The van der Waals surface area contributed by atoms with E-state index in [-0.39, 0.29) is 11.9 Å². The van der Waals surface area contributed by atoms with Gasteiger partial charge >= 0.3 is 0 Å². The molecule has 1 radical (unpaired) electrons. The van der Waals surface area contributed by atoms with Crippen molar-refractivity contribution in [3.63, 3.8) is 0 Å². The minimum Gasteiger partial charge on any atom is -0.377 e. The number of Topliss-reactive ketones (excluding diaryl/α,β-unsaturated/α-hetero) is 1. The first-order chi connectivity index (χ1) is 3.79. The van der Waals surface area contributed by atoms with Gasteiger partial charge in [-0.15, -0.1) is 0 Å². The second-order valence-electron chi connectivity index (χ2n) is 1.99. The molecule has 1 aliphatic heterocycles. The summed E-state index contributed by atoms with van der Waals surface area (Å²) in [5.74, 6) is 0.274. The molecular formula is C6H9O2. The van der Waals surface area contributed by atoms with E-state index in [0.717, 1.165) is 0 Å². The zero-order valence-corrected chi connectivity index (χ0v) is 4.72. The van der Waals surface area contributed by atoms with Crippen LogP contribution in [-0.2, 0) is 9.53 Å². The van der Waals surface area contributed by atoms with E-state index in [1.54, 1.807) is 0 Å². The molecule has 45 valence electrons. The molecule has 0 aromatic rings. The van der Waals surface area contributed by atoms with Crippen LogP contribution in [0.5, 0.6) is 0 Å². The maximum absolute atomic E-state index is 10.6. The molecule has 0 bridgehead atoms. The van der Waals surface area contributed by atoms with Crippen molar-refractivity contribution in [2.45, 2.75) is 18.9 Å². The fourth-order valence-electron chi connectivity index (χ4n) is 0.754. The molecule has 1 heterocycles. The molecule has 1 saturated heterocycles. The maximum atomic E-state index is 10.6. The van der Waals surface area contributed by atoms with Crippen LogP contribution in [0.1, 0.15) is 12.8 Å². The van der Waals surface area contributed by atoms with E-state index in [0.29, 0.717) is 19.4 Å². The maximum Gasteiger partial charge on any atom is 0.137 e. The Hall–Kier alpha value is -0.370. The van der Waals surface area contributed by atoms with Gasteiger partial charge in [0.05, 0.1) is 12.7 Å². The first kappa shape index (κ1) is 5.76. The minimum atomic E-state index is -0.0868. The Morgan fingerprint density at radius 3 is 2.88 bits per heavy atom. The molecule has 2 heteroatoms. The van der Waals surface area contributed by atoms with Crippen LogP contribution in [0, 0.1) is 6.92 Å². The van der Waals surface area contributed by atoms with Crippen LogP contribution in [-0.4, -0.2) is 18.5 Å². The third-order valence-corrected chi connectivity index (χ3v) is 1.19. The molecule has 1 unspecified atom stereocenters. The highest BCUT2D eigenvalue weighted by Gasteiger charge is 2.14. The largest absolute Gasteiger partial charge is 0.377 e. The summed E-state index contributed by atoms with van der Waals surface area (Å²) in [4.78, 5) is 10.6. The average Bonchev–Trinajstić information content (AvgIpc) is 1.64. The van der Waals surface area contributed by atoms with Gasteiger partial charge in [0.1, 0.15) is 5.78 Å². The molecule has 2 nitrogen and oxygen atoms in total. The third kappa shape index (κ3) is 1.30. The molecule has 0 spiro atoms. The van der Waals surface area contributed by atoms with E-state index in [1.807, 2.05) is 0 Å². The van der Waals surface area contributed by atoms with E-state index in [2.05, 4.69) is 6.92 Å². The van der Waals surface area contributed by atoms with Crippen LogP contribution in [0.15, 0.2) is 0 Å². The molecule has 0 amide bonds. The van der Waals surface area contributed by atoms with Gasteiger partial charge in [-0.05, 0) is 6.92 Å². The van der Waals surface area contributed by atoms with Crippen molar-refractivity contribution in [3.05, 3.63) is 6.92 Å². The lowest BCUT2D eigenvalue weighted by Gasteiger charge is -2.16. The molecule has 0 N–H and O–H groups in total. The van der Waals surface area contributed by atoms with Crippen molar-refractivity contribution in [2.75, 3.05) is 6.61 Å². The molecule has 8 heavy (non-hydrogen) atoms. The van der Waals surface area contributed by atoms with Gasteiger partial charge in [0.15, 0.2) is 0 Å². The fourth-order valence-corrected chi connectivity index (χ4v) is 0.754. The van der Waals surface area contributed by atoms with Crippen molar-refractivity contribution in [3.8, 4) is 0 Å². The predicted octanol–water partition coefficient (Wildman–Crippen LogP) is 0.569. The lowest BCUT2D eigenvalue weighted by molar-refractivity contribution is -0.126. The van der Waals surface area contributed by atoms with Crippen molar-refractivity contribution in [2.24, 2.45) is 0 Å². The summed E-state index contributed by atoms with van der Waals surface area (Å²) < 4.78 is 5.02. The quantitative estimate of drug-likeness (QED) is 0.459. The number of ether oxygens (including phenoxy) is 1. The molecule has 1 aliphatic rings. The zero-order chi connectivity index (χ0) is 5.98. The highest BCUT2D eigenvalue weighted by molar-refractivity contribution is 5.79. The number of rotatable bonds is 0. The summed E-state index contributed by atoms with van der Waals surface area (Å²) in [7, 11) is 0. The van der Waals surface area contributed by atoms with E-state index in [9.17, 15) is 4.79 Å². The third-order valence-electron chi connectivity index (χ3n) is 1.19. The number of carbonyl (C=O) groups excluding carboxylic acids is 1. The van der Waals surface area contributed by atoms with E-state index >= 15 is 0 Å². The van der Waals surface area contributed by atoms with Crippen molar-refractivity contribution >= 4 is 5.78 Å². The molecular weight excluding hydrogens is 104 g/mol. The van der Waals surface area contributed by atoms with Gasteiger partial charge < -0.3 is 4.74 Å². The Balaban J connectivity index is 2.34. The fraction of sp³-hybridized carbons (Fsp3) is 0.667. The Labute approximate surface area is 48.8 Å². The van der Waals surface area contributed by atoms with Crippen LogP contribution in [0.3, 0.4) is 0 Å². The summed E-state index contributed by atoms with van der Waals surface area (Å²) in [5.41, 5.74) is 0. The summed E-state index contributed by atoms with van der Waals surface area (Å²) >= 11 is 0. The molecule has 1 fully saturated rings. The van der Waals surface area contributed by atoms with Crippen LogP contribution in [0.25, 0.3) is 0 Å². The van der Waals surface area contributed by atoms with Gasteiger partial charge in [0, 0.05) is 12.8 Å². The van der Waals surface area contributed by atoms with Gasteiger partial charge in [0.25, 0.3) is 0 Å². The summed E-state index contributed by atoms with van der Waals surface area (Å²) in [5, 5.41) is 0. The second-order valence-corrected chi connectivity index (χ2v) is 1.99. The first-order valence-corrected chi connectivity index (χ1v) is 2.75. The monoisotopic (exact) mass is 113 g/mol. The Bertz CT molecular complexity index is 98.7. The molecule has 1 rings (SSSR count). The number of carbonyl (C=O) groups is 1. The van der Waals surface area contributed by atoms with Crippen LogP contribution in [0.4, 0.5) is 0 Å². The smallest absolute Gasteiger partial charge is 0.137 e. The van der Waals surface area contributed by atoms with Crippen LogP contribution < -0.4 is 0 Å². The van der Waals surface area contributed by atoms with E-state index in [1.165, 1.54) is 0 Å². The highest BCUT2D eigenvalue weighted by Crippen LogP contribution is 2.06. The molecule has 0 aliphatic carbocycles. The Kier molecular flexibility index (Phi) is 1.63. The number of ketones is 1. The zero-order valence-electron chi connectivity index (χ0n) is 4.72. The van der Waals surface area contributed by atoms with Gasteiger partial charge in [-0.1, -0.05) is 0 Å². The van der Waals surface area contributed by atoms with Gasteiger partial charge in [-0.2, -0.15) is 0 Å². The molecule has 0 aromatic carbocycles. The molecule has 0 aromatic heterocycles. The predicted molar refractivity (Wildman–Crippen MR) is 29.3 cm³/mol. The van der Waals surface area contributed by atoms with E-state index < -0.39 is 0 Å². The van der Waals surface area contributed by atoms with Gasteiger partial charge in [-0.3, -0.25) is 4.79 Å². The topological polar surface area (TPSA) is 26.3 Å².